The maximum absolute atomic E-state index is 11.7. The molecule has 2 heterocycles. The lowest BCUT2D eigenvalue weighted by Crippen LogP contribution is -2.36. The van der Waals surface area contributed by atoms with Gasteiger partial charge in [-0.3, -0.25) is 19.2 Å². The Bertz CT molecular complexity index is 501. The number of likely N-dealkylation sites (N-methyl/N-ethyl adjacent to an activating group) is 1. The van der Waals surface area contributed by atoms with Crippen LogP contribution in [0.3, 0.4) is 0 Å². The van der Waals surface area contributed by atoms with Crippen LogP contribution in [0.25, 0.3) is 0 Å². The average Bonchev–Trinajstić information content (AvgIpc) is 2.88. The summed E-state index contributed by atoms with van der Waals surface area (Å²) in [5, 5.41) is 7.40. The van der Waals surface area contributed by atoms with Crippen molar-refractivity contribution in [3.05, 3.63) is 18.0 Å². The monoisotopic (exact) mass is 264 g/mol. The van der Waals surface area contributed by atoms with E-state index in [4.69, 9.17) is 0 Å². The molecule has 0 radical (unpaired) electrons. The number of imide groups is 1. The number of nitrogens with zero attached hydrogens (tertiary/aromatic N) is 3. The fourth-order valence-corrected chi connectivity index (χ4v) is 1.97. The maximum Gasteiger partial charge on any atom is 0.246 e. The van der Waals surface area contributed by atoms with E-state index in [1.807, 2.05) is 10.9 Å². The summed E-state index contributed by atoms with van der Waals surface area (Å²) >= 11 is 0. The number of hydrogen-bond acceptors (Lipinski definition) is 4. The van der Waals surface area contributed by atoms with Crippen molar-refractivity contribution in [3.8, 4) is 0 Å². The summed E-state index contributed by atoms with van der Waals surface area (Å²) in [7, 11) is 1.52. The minimum Gasteiger partial charge on any atom is -0.301 e. The van der Waals surface area contributed by atoms with Crippen LogP contribution in [0.2, 0.25) is 0 Å². The Morgan fingerprint density at radius 1 is 1.42 bits per heavy atom. The van der Waals surface area contributed by atoms with E-state index in [2.05, 4.69) is 31.2 Å². The van der Waals surface area contributed by atoms with Crippen LogP contribution in [-0.2, 0) is 21.7 Å². The molecule has 104 valence electrons. The Kier molecular flexibility index (Phi) is 3.45. The van der Waals surface area contributed by atoms with Crippen molar-refractivity contribution in [3.63, 3.8) is 0 Å². The summed E-state index contributed by atoms with van der Waals surface area (Å²) in [5.41, 5.74) is 0.946. The summed E-state index contributed by atoms with van der Waals surface area (Å²) in [6, 6.07) is -0.407. The smallest absolute Gasteiger partial charge is 0.246 e. The van der Waals surface area contributed by atoms with Gasteiger partial charge in [-0.15, -0.1) is 0 Å². The number of likely N-dealkylation sites (tertiary alicyclic amines) is 1. The third kappa shape index (κ3) is 2.84. The van der Waals surface area contributed by atoms with Gasteiger partial charge in [0, 0.05) is 25.4 Å². The first-order valence-electron chi connectivity index (χ1n) is 6.37. The van der Waals surface area contributed by atoms with E-state index in [-0.39, 0.29) is 23.8 Å². The van der Waals surface area contributed by atoms with Crippen LogP contribution in [0, 0.1) is 0 Å². The molecule has 0 bridgehead atoms. The van der Waals surface area contributed by atoms with Crippen molar-refractivity contribution in [2.45, 2.75) is 45.3 Å². The minimum absolute atomic E-state index is 0.0579. The summed E-state index contributed by atoms with van der Waals surface area (Å²) in [4.78, 5) is 24.3. The lowest BCUT2D eigenvalue weighted by atomic mass is 10.1. The zero-order chi connectivity index (χ0) is 14.2. The molecule has 1 aliphatic rings. The zero-order valence-corrected chi connectivity index (χ0v) is 11.8. The van der Waals surface area contributed by atoms with Gasteiger partial charge in [0.25, 0.3) is 0 Å². The molecule has 1 aliphatic heterocycles. The van der Waals surface area contributed by atoms with E-state index >= 15 is 0 Å². The zero-order valence-electron chi connectivity index (χ0n) is 11.8. The van der Waals surface area contributed by atoms with E-state index in [0.29, 0.717) is 6.54 Å². The van der Waals surface area contributed by atoms with Crippen LogP contribution in [0.1, 0.15) is 32.8 Å². The topological polar surface area (TPSA) is 67.2 Å². The van der Waals surface area contributed by atoms with Crippen molar-refractivity contribution in [1.29, 1.82) is 0 Å². The predicted molar refractivity (Wildman–Crippen MR) is 70.2 cm³/mol. The number of carbonyl (C=O) groups is 2. The summed E-state index contributed by atoms with van der Waals surface area (Å²) < 4.78 is 1.89. The number of nitrogens with one attached hydrogen (secondary N) is 1. The van der Waals surface area contributed by atoms with E-state index < -0.39 is 6.04 Å². The molecule has 2 rings (SSSR count). The SMILES string of the molecule is CN1C(=O)CC(NCc2cnn(C(C)(C)C)c2)C1=O. The molecule has 1 aromatic heterocycles. The van der Waals surface area contributed by atoms with Crippen LogP contribution >= 0.6 is 0 Å². The lowest BCUT2D eigenvalue weighted by Gasteiger charge is -2.18. The molecule has 1 atom stereocenters. The number of rotatable bonds is 3. The number of aromatic nitrogens is 2. The van der Waals surface area contributed by atoms with Crippen molar-refractivity contribution in [2.24, 2.45) is 0 Å². The molecular formula is C13H20N4O2. The number of amides is 2. The lowest BCUT2D eigenvalue weighted by molar-refractivity contribution is -0.137. The van der Waals surface area contributed by atoms with Gasteiger partial charge < -0.3 is 5.32 Å². The first-order chi connectivity index (χ1) is 8.79. The highest BCUT2D eigenvalue weighted by Crippen LogP contribution is 2.14. The van der Waals surface area contributed by atoms with Crippen molar-refractivity contribution in [2.75, 3.05) is 7.05 Å². The van der Waals surface area contributed by atoms with Crippen LogP contribution in [-0.4, -0.2) is 39.6 Å². The van der Waals surface area contributed by atoms with Gasteiger partial charge in [-0.05, 0) is 20.8 Å². The Hall–Kier alpha value is -1.69. The normalized spacial score (nSPS) is 20.4. The third-order valence-electron chi connectivity index (χ3n) is 3.26. The Morgan fingerprint density at radius 3 is 2.58 bits per heavy atom. The summed E-state index contributed by atoms with van der Waals surface area (Å²) in [5.74, 6) is -0.291. The van der Waals surface area contributed by atoms with Gasteiger partial charge in [0.15, 0.2) is 0 Å². The van der Waals surface area contributed by atoms with Crippen molar-refractivity contribution in [1.82, 2.24) is 20.0 Å². The average molecular weight is 264 g/mol. The second-order valence-corrected chi connectivity index (χ2v) is 5.89. The molecule has 0 spiro atoms. The molecule has 6 heteroatoms. The van der Waals surface area contributed by atoms with Crippen LogP contribution < -0.4 is 5.32 Å². The molecular weight excluding hydrogens is 244 g/mol. The van der Waals surface area contributed by atoms with Crippen LogP contribution in [0.5, 0.6) is 0 Å². The molecule has 2 amide bonds. The van der Waals surface area contributed by atoms with E-state index in [0.717, 1.165) is 5.56 Å². The standard InChI is InChI=1S/C13H20N4O2/c1-13(2,3)17-8-9(7-15-17)6-14-10-5-11(18)16(4)12(10)19/h7-8,10,14H,5-6H2,1-4H3. The Labute approximate surface area is 112 Å². The molecule has 1 aromatic rings. The molecule has 1 unspecified atom stereocenters. The highest BCUT2D eigenvalue weighted by molar-refractivity contribution is 6.05. The predicted octanol–water partition coefficient (Wildman–Crippen LogP) is 0.485. The third-order valence-corrected chi connectivity index (χ3v) is 3.26. The maximum atomic E-state index is 11.7. The molecule has 6 nitrogen and oxygen atoms in total. The van der Waals surface area contributed by atoms with Gasteiger partial charge in [-0.25, -0.2) is 0 Å². The molecule has 0 aliphatic carbocycles. The van der Waals surface area contributed by atoms with Gasteiger partial charge in [-0.2, -0.15) is 5.10 Å². The first kappa shape index (κ1) is 13.7. The van der Waals surface area contributed by atoms with Crippen LogP contribution in [0.15, 0.2) is 12.4 Å². The number of carbonyl (C=O) groups excluding carboxylic acids is 2. The second kappa shape index (κ2) is 4.77. The largest absolute Gasteiger partial charge is 0.301 e. The Balaban J connectivity index is 1.95. The van der Waals surface area contributed by atoms with Gasteiger partial charge >= 0.3 is 0 Å². The van der Waals surface area contributed by atoms with E-state index in [1.54, 1.807) is 6.20 Å². The molecule has 19 heavy (non-hydrogen) atoms. The van der Waals surface area contributed by atoms with Gasteiger partial charge in [0.05, 0.1) is 24.2 Å². The fraction of sp³-hybridized carbons (Fsp3) is 0.615. The molecule has 1 N–H and O–H groups in total. The number of hydrogen-bond donors (Lipinski definition) is 1. The highest BCUT2D eigenvalue weighted by atomic mass is 16.2. The fourth-order valence-electron chi connectivity index (χ4n) is 1.97. The van der Waals surface area contributed by atoms with Gasteiger partial charge in [-0.1, -0.05) is 0 Å². The molecule has 1 fully saturated rings. The Morgan fingerprint density at radius 2 is 2.11 bits per heavy atom. The minimum atomic E-state index is -0.407. The molecule has 0 aromatic carbocycles. The van der Waals surface area contributed by atoms with Crippen LogP contribution in [0.4, 0.5) is 0 Å². The van der Waals surface area contributed by atoms with Gasteiger partial charge in [0.1, 0.15) is 0 Å². The van der Waals surface area contributed by atoms with E-state index in [1.165, 1.54) is 11.9 Å². The molecule has 0 saturated carbocycles. The molecule has 1 saturated heterocycles. The second-order valence-electron chi connectivity index (χ2n) is 5.89. The van der Waals surface area contributed by atoms with Crippen molar-refractivity contribution >= 4 is 11.8 Å². The van der Waals surface area contributed by atoms with Gasteiger partial charge in [0.2, 0.25) is 11.8 Å². The highest BCUT2D eigenvalue weighted by Gasteiger charge is 2.35. The first-order valence-corrected chi connectivity index (χ1v) is 6.37. The quantitative estimate of drug-likeness (QED) is 0.807. The van der Waals surface area contributed by atoms with Crippen molar-refractivity contribution < 1.29 is 9.59 Å². The van der Waals surface area contributed by atoms with E-state index in [9.17, 15) is 9.59 Å². The summed E-state index contributed by atoms with van der Waals surface area (Å²) in [6.07, 6.45) is 3.98. The summed E-state index contributed by atoms with van der Waals surface area (Å²) in [6.45, 7) is 6.76.